The van der Waals surface area contributed by atoms with Gasteiger partial charge in [-0.05, 0) is 37.8 Å². The van der Waals surface area contributed by atoms with Gasteiger partial charge in [0.05, 0.1) is 5.69 Å². The molecule has 0 bridgehead atoms. The SMILES string of the molecule is C=CCN(CC=C)Cc1c(C(=O)N2CCCCC2)nc2c(C)cccn12. The van der Waals surface area contributed by atoms with Gasteiger partial charge < -0.3 is 9.30 Å². The Hall–Kier alpha value is -2.40. The average molecular weight is 352 g/mol. The molecule has 138 valence electrons. The van der Waals surface area contributed by atoms with E-state index in [1.54, 1.807) is 0 Å². The van der Waals surface area contributed by atoms with Crippen LogP contribution in [0.25, 0.3) is 5.65 Å². The maximum Gasteiger partial charge on any atom is 0.274 e. The Morgan fingerprint density at radius 3 is 2.58 bits per heavy atom. The third-order valence-electron chi connectivity index (χ3n) is 4.94. The molecular weight excluding hydrogens is 324 g/mol. The molecule has 0 N–H and O–H groups in total. The Morgan fingerprint density at radius 2 is 1.92 bits per heavy atom. The zero-order chi connectivity index (χ0) is 18.5. The first-order chi connectivity index (χ1) is 12.7. The molecule has 0 unspecified atom stereocenters. The summed E-state index contributed by atoms with van der Waals surface area (Å²) in [4.78, 5) is 22.1. The van der Waals surface area contributed by atoms with Crippen LogP contribution in [0.1, 0.15) is 41.0 Å². The van der Waals surface area contributed by atoms with Crippen LogP contribution in [0, 0.1) is 6.92 Å². The van der Waals surface area contributed by atoms with Gasteiger partial charge in [0, 0.05) is 38.9 Å². The van der Waals surface area contributed by atoms with Crippen LogP contribution >= 0.6 is 0 Å². The van der Waals surface area contributed by atoms with Crippen molar-refractivity contribution in [1.29, 1.82) is 0 Å². The molecule has 5 heteroatoms. The average Bonchev–Trinajstić information content (AvgIpc) is 3.02. The van der Waals surface area contributed by atoms with Gasteiger partial charge in [-0.2, -0.15) is 0 Å². The van der Waals surface area contributed by atoms with Crippen LogP contribution in [-0.4, -0.2) is 51.3 Å². The third-order valence-corrected chi connectivity index (χ3v) is 4.94. The van der Waals surface area contributed by atoms with Gasteiger partial charge in [-0.25, -0.2) is 4.98 Å². The van der Waals surface area contributed by atoms with Gasteiger partial charge in [0.25, 0.3) is 5.91 Å². The Bertz CT molecular complexity index is 792. The predicted octanol–water partition coefficient (Wildman–Crippen LogP) is 3.44. The minimum atomic E-state index is 0.0555. The van der Waals surface area contributed by atoms with Crippen molar-refractivity contribution in [2.24, 2.45) is 0 Å². The standard InChI is InChI=1S/C21H28N4O/c1-4-11-23(12-5-2)16-18-19(21(26)24-13-7-6-8-14-24)22-20-17(3)10-9-15-25(18)20/h4-5,9-10,15H,1-2,6-8,11-14,16H2,3H3. The third kappa shape index (κ3) is 3.73. The van der Waals surface area contributed by atoms with Gasteiger partial charge in [-0.3, -0.25) is 9.69 Å². The summed E-state index contributed by atoms with van der Waals surface area (Å²) in [5.41, 5.74) is 3.47. The van der Waals surface area contributed by atoms with Crippen LogP contribution in [0.3, 0.4) is 0 Å². The number of nitrogens with zero attached hydrogens (tertiary/aromatic N) is 4. The second kappa shape index (κ2) is 8.32. The monoisotopic (exact) mass is 352 g/mol. The summed E-state index contributed by atoms with van der Waals surface area (Å²) in [6.45, 7) is 13.5. The maximum absolute atomic E-state index is 13.2. The number of aromatic nitrogens is 2. The van der Waals surface area contributed by atoms with E-state index in [0.717, 1.165) is 55.9 Å². The molecule has 3 rings (SSSR count). The number of carbonyl (C=O) groups is 1. The predicted molar refractivity (Wildman–Crippen MR) is 105 cm³/mol. The summed E-state index contributed by atoms with van der Waals surface area (Å²) < 4.78 is 2.06. The van der Waals surface area contributed by atoms with Gasteiger partial charge in [0.15, 0.2) is 5.69 Å². The fraction of sp³-hybridized carbons (Fsp3) is 0.429. The van der Waals surface area contributed by atoms with Crippen molar-refractivity contribution in [3.8, 4) is 0 Å². The number of imidazole rings is 1. The molecule has 0 spiro atoms. The lowest BCUT2D eigenvalue weighted by Crippen LogP contribution is -2.36. The van der Waals surface area contributed by atoms with Gasteiger partial charge in [0.2, 0.25) is 0 Å². The van der Waals surface area contributed by atoms with Crippen LogP contribution in [0.15, 0.2) is 43.6 Å². The van der Waals surface area contributed by atoms with E-state index in [1.165, 1.54) is 6.42 Å². The quantitative estimate of drug-likeness (QED) is 0.717. The molecule has 0 aliphatic carbocycles. The molecule has 0 radical (unpaired) electrons. The van der Waals surface area contributed by atoms with Crippen LogP contribution in [0.4, 0.5) is 0 Å². The summed E-state index contributed by atoms with van der Waals surface area (Å²) in [6, 6.07) is 4.04. The molecule has 3 heterocycles. The molecule has 26 heavy (non-hydrogen) atoms. The molecule has 2 aromatic rings. The number of pyridine rings is 1. The van der Waals surface area contributed by atoms with Crippen LogP contribution < -0.4 is 0 Å². The largest absolute Gasteiger partial charge is 0.337 e. The van der Waals surface area contributed by atoms with Crippen molar-refractivity contribution in [2.45, 2.75) is 32.7 Å². The summed E-state index contributed by atoms with van der Waals surface area (Å²) >= 11 is 0. The normalized spacial score (nSPS) is 14.8. The van der Waals surface area contributed by atoms with E-state index in [4.69, 9.17) is 4.98 Å². The van der Waals surface area contributed by atoms with Gasteiger partial charge in [0.1, 0.15) is 5.65 Å². The number of hydrogen-bond acceptors (Lipinski definition) is 3. The number of hydrogen-bond donors (Lipinski definition) is 0. The first-order valence-electron chi connectivity index (χ1n) is 9.35. The highest BCUT2D eigenvalue weighted by atomic mass is 16.2. The Balaban J connectivity index is 2.02. The first kappa shape index (κ1) is 18.4. The summed E-state index contributed by atoms with van der Waals surface area (Å²) in [5, 5.41) is 0. The highest BCUT2D eigenvalue weighted by Crippen LogP contribution is 2.21. The summed E-state index contributed by atoms with van der Waals surface area (Å²) in [6.07, 6.45) is 9.11. The van der Waals surface area contributed by atoms with Crippen molar-refractivity contribution in [2.75, 3.05) is 26.2 Å². The fourth-order valence-electron chi connectivity index (χ4n) is 3.60. The fourth-order valence-corrected chi connectivity index (χ4v) is 3.60. The molecule has 0 atom stereocenters. The smallest absolute Gasteiger partial charge is 0.274 e. The van der Waals surface area contributed by atoms with E-state index in [0.29, 0.717) is 12.2 Å². The van der Waals surface area contributed by atoms with Crippen LogP contribution in [0.2, 0.25) is 0 Å². The molecule has 1 aliphatic heterocycles. The number of likely N-dealkylation sites (tertiary alicyclic amines) is 1. The number of rotatable bonds is 7. The molecule has 2 aromatic heterocycles. The second-order valence-corrected chi connectivity index (χ2v) is 6.92. The van der Waals surface area contributed by atoms with E-state index in [2.05, 4.69) is 22.5 Å². The topological polar surface area (TPSA) is 40.9 Å². The first-order valence-corrected chi connectivity index (χ1v) is 9.35. The van der Waals surface area contributed by atoms with Crippen molar-refractivity contribution >= 4 is 11.6 Å². The van der Waals surface area contributed by atoms with E-state index in [-0.39, 0.29) is 5.91 Å². The summed E-state index contributed by atoms with van der Waals surface area (Å²) in [5.74, 6) is 0.0555. The van der Waals surface area contributed by atoms with Crippen molar-refractivity contribution < 1.29 is 4.79 Å². The van der Waals surface area contributed by atoms with E-state index >= 15 is 0 Å². The van der Waals surface area contributed by atoms with Crippen molar-refractivity contribution in [3.05, 3.63) is 60.6 Å². The van der Waals surface area contributed by atoms with E-state index < -0.39 is 0 Å². The Kier molecular flexibility index (Phi) is 5.89. The Morgan fingerprint density at radius 1 is 1.23 bits per heavy atom. The van der Waals surface area contributed by atoms with Crippen molar-refractivity contribution in [3.63, 3.8) is 0 Å². The number of fused-ring (bicyclic) bond motifs is 1. The van der Waals surface area contributed by atoms with Crippen molar-refractivity contribution in [1.82, 2.24) is 19.2 Å². The van der Waals surface area contributed by atoms with Gasteiger partial charge in [-0.1, -0.05) is 18.2 Å². The second-order valence-electron chi connectivity index (χ2n) is 6.92. The zero-order valence-electron chi connectivity index (χ0n) is 15.7. The number of amides is 1. The molecule has 0 aromatic carbocycles. The minimum Gasteiger partial charge on any atom is -0.337 e. The Labute approximate surface area is 155 Å². The highest BCUT2D eigenvalue weighted by Gasteiger charge is 2.26. The maximum atomic E-state index is 13.2. The number of carbonyl (C=O) groups excluding carboxylic acids is 1. The molecule has 1 amide bonds. The van der Waals surface area contributed by atoms with E-state index in [1.807, 2.05) is 42.3 Å². The van der Waals surface area contributed by atoms with Crippen LogP contribution in [0.5, 0.6) is 0 Å². The summed E-state index contributed by atoms with van der Waals surface area (Å²) in [7, 11) is 0. The lowest BCUT2D eigenvalue weighted by molar-refractivity contribution is 0.0716. The molecule has 1 aliphatic rings. The van der Waals surface area contributed by atoms with Gasteiger partial charge in [-0.15, -0.1) is 13.2 Å². The number of piperidine rings is 1. The lowest BCUT2D eigenvalue weighted by Gasteiger charge is -2.26. The molecular formula is C21H28N4O. The van der Waals surface area contributed by atoms with E-state index in [9.17, 15) is 4.79 Å². The van der Waals surface area contributed by atoms with Gasteiger partial charge >= 0.3 is 0 Å². The van der Waals surface area contributed by atoms with Crippen LogP contribution in [-0.2, 0) is 6.54 Å². The molecule has 5 nitrogen and oxygen atoms in total. The molecule has 1 fully saturated rings. The molecule has 0 saturated carbocycles. The lowest BCUT2D eigenvalue weighted by atomic mass is 10.1. The molecule has 1 saturated heterocycles. The number of aryl methyl sites for hydroxylation is 1. The minimum absolute atomic E-state index is 0.0555. The highest BCUT2D eigenvalue weighted by molar-refractivity contribution is 5.94. The zero-order valence-corrected chi connectivity index (χ0v) is 15.7.